The minimum Gasteiger partial charge on any atom is -0.391 e. The molecule has 0 fully saturated rings. The highest BCUT2D eigenvalue weighted by atomic mass is 16.3. The Kier molecular flexibility index (Phi) is 6.66. The lowest BCUT2D eigenvalue weighted by Crippen LogP contribution is -2.51. The van der Waals surface area contributed by atoms with Crippen molar-refractivity contribution in [1.29, 1.82) is 0 Å². The van der Waals surface area contributed by atoms with Crippen molar-refractivity contribution < 1.29 is 14.4 Å². The minimum absolute atomic E-state index is 0.0838. The van der Waals surface area contributed by atoms with Gasteiger partial charge in [-0.3, -0.25) is 4.79 Å². The van der Waals surface area contributed by atoms with Crippen LogP contribution in [0.15, 0.2) is 25.3 Å². The fourth-order valence-electron chi connectivity index (χ4n) is 1.66. The predicted molar refractivity (Wildman–Crippen MR) is 61.0 cm³/mol. The number of primary amides is 1. The number of quaternary nitrogens is 1. The number of carbonyl (C=O) groups excluding carboxylic acids is 1. The number of nitrogens with zero attached hydrogens (tertiary/aromatic N) is 1. The molecule has 86 valence electrons. The van der Waals surface area contributed by atoms with E-state index in [9.17, 15) is 4.79 Å². The average molecular weight is 213 g/mol. The number of nitrogens with two attached hydrogens (primary N) is 1. The third kappa shape index (κ3) is 5.34. The van der Waals surface area contributed by atoms with Crippen LogP contribution in [0.25, 0.3) is 0 Å². The van der Waals surface area contributed by atoms with Crippen LogP contribution < -0.4 is 5.73 Å². The van der Waals surface area contributed by atoms with Gasteiger partial charge in [0, 0.05) is 0 Å². The summed E-state index contributed by atoms with van der Waals surface area (Å²) < 4.78 is 0.590. The molecule has 0 unspecified atom stereocenters. The summed E-state index contributed by atoms with van der Waals surface area (Å²) in [5.74, 6) is -0.316. The Balaban J connectivity index is 4.50. The van der Waals surface area contributed by atoms with Gasteiger partial charge in [0.15, 0.2) is 0 Å². The molecule has 0 saturated heterocycles. The van der Waals surface area contributed by atoms with Gasteiger partial charge in [0.25, 0.3) is 0 Å². The van der Waals surface area contributed by atoms with E-state index in [4.69, 9.17) is 10.8 Å². The molecule has 0 aliphatic heterocycles. The molecule has 0 aromatic carbocycles. The van der Waals surface area contributed by atoms with Crippen LogP contribution in [0, 0.1) is 0 Å². The molecule has 0 rings (SSSR count). The number of aliphatic hydroxyl groups is 1. The molecule has 0 atom stereocenters. The summed E-state index contributed by atoms with van der Waals surface area (Å²) in [6, 6.07) is 0. The van der Waals surface area contributed by atoms with Crippen LogP contribution in [0.2, 0.25) is 0 Å². The van der Waals surface area contributed by atoms with E-state index in [0.717, 1.165) is 0 Å². The zero-order chi connectivity index (χ0) is 11.7. The Morgan fingerprint density at radius 3 is 2.13 bits per heavy atom. The van der Waals surface area contributed by atoms with Crippen LogP contribution in [-0.4, -0.2) is 48.3 Å². The zero-order valence-corrected chi connectivity index (χ0v) is 9.19. The van der Waals surface area contributed by atoms with E-state index in [1.54, 1.807) is 12.2 Å². The number of rotatable bonds is 9. The highest BCUT2D eigenvalue weighted by molar-refractivity contribution is 5.73. The Morgan fingerprint density at radius 2 is 1.80 bits per heavy atom. The van der Waals surface area contributed by atoms with Crippen molar-refractivity contribution in [2.45, 2.75) is 6.42 Å². The Hall–Kier alpha value is -1.13. The Morgan fingerprint density at radius 1 is 1.27 bits per heavy atom. The molecule has 0 bridgehead atoms. The number of aliphatic hydroxyl groups excluding tert-OH is 1. The van der Waals surface area contributed by atoms with Crippen LogP contribution in [0.5, 0.6) is 0 Å². The number of hydrogen-bond acceptors (Lipinski definition) is 2. The lowest BCUT2D eigenvalue weighted by atomic mass is 10.2. The van der Waals surface area contributed by atoms with Crippen molar-refractivity contribution in [3.05, 3.63) is 25.3 Å². The van der Waals surface area contributed by atoms with Gasteiger partial charge in [-0.15, -0.1) is 0 Å². The molecule has 0 aliphatic carbocycles. The fraction of sp³-hybridized carbons (Fsp3) is 0.545. The summed E-state index contributed by atoms with van der Waals surface area (Å²) in [5.41, 5.74) is 5.13. The molecule has 4 heteroatoms. The Bertz CT molecular complexity index is 217. The van der Waals surface area contributed by atoms with Gasteiger partial charge >= 0.3 is 0 Å². The third-order valence-electron chi connectivity index (χ3n) is 2.44. The molecule has 0 radical (unpaired) electrons. The van der Waals surface area contributed by atoms with E-state index < -0.39 is 0 Å². The highest BCUT2D eigenvalue weighted by Crippen LogP contribution is 2.08. The standard InChI is InChI=1S/C11H20N2O2/c1-3-6-13(7-4-2,9-10-14)8-5-11(12)15/h3-4,14H,1-2,5-10H2,(H-,12,15)/p+1. The zero-order valence-electron chi connectivity index (χ0n) is 9.19. The summed E-state index contributed by atoms with van der Waals surface area (Å²) in [4.78, 5) is 10.8. The Labute approximate surface area is 91.3 Å². The van der Waals surface area contributed by atoms with Gasteiger partial charge in [0.05, 0.1) is 32.7 Å². The van der Waals surface area contributed by atoms with Crippen LogP contribution in [0.4, 0.5) is 0 Å². The van der Waals surface area contributed by atoms with Crippen LogP contribution in [0.1, 0.15) is 6.42 Å². The van der Waals surface area contributed by atoms with Gasteiger partial charge in [0.1, 0.15) is 6.54 Å². The first-order valence-corrected chi connectivity index (χ1v) is 5.06. The lowest BCUT2D eigenvalue weighted by Gasteiger charge is -2.36. The second kappa shape index (κ2) is 7.20. The summed E-state index contributed by atoms with van der Waals surface area (Å²) in [7, 11) is 0. The van der Waals surface area contributed by atoms with Crippen LogP contribution in [0.3, 0.4) is 0 Å². The summed E-state index contributed by atoms with van der Waals surface area (Å²) in [5, 5.41) is 9.02. The number of hydrogen-bond donors (Lipinski definition) is 2. The quantitative estimate of drug-likeness (QED) is 0.420. The SMILES string of the molecule is C=CC[N+](CC=C)(CCO)CCC(N)=O. The third-order valence-corrected chi connectivity index (χ3v) is 2.44. The van der Waals surface area contributed by atoms with E-state index in [0.29, 0.717) is 37.1 Å². The summed E-state index contributed by atoms with van der Waals surface area (Å²) in [6.07, 6.45) is 3.90. The van der Waals surface area contributed by atoms with Crippen molar-refractivity contribution >= 4 is 5.91 Å². The normalized spacial score (nSPS) is 11.0. The molecular weight excluding hydrogens is 192 g/mol. The molecule has 0 aromatic heterocycles. The van der Waals surface area contributed by atoms with E-state index in [-0.39, 0.29) is 12.5 Å². The smallest absolute Gasteiger partial charge is 0.223 e. The largest absolute Gasteiger partial charge is 0.391 e. The van der Waals surface area contributed by atoms with Gasteiger partial charge in [-0.05, 0) is 12.2 Å². The number of amides is 1. The van der Waals surface area contributed by atoms with Gasteiger partial charge in [0.2, 0.25) is 5.91 Å². The van der Waals surface area contributed by atoms with Crippen molar-refractivity contribution in [3.8, 4) is 0 Å². The van der Waals surface area contributed by atoms with Crippen LogP contribution in [-0.2, 0) is 4.79 Å². The first kappa shape index (κ1) is 13.9. The molecule has 0 aliphatic rings. The fourth-order valence-corrected chi connectivity index (χ4v) is 1.66. The summed E-state index contributed by atoms with van der Waals surface area (Å²) in [6.45, 7) is 10.1. The molecule has 0 heterocycles. The van der Waals surface area contributed by atoms with Gasteiger partial charge in [-0.25, -0.2) is 0 Å². The first-order valence-electron chi connectivity index (χ1n) is 5.06. The maximum Gasteiger partial charge on any atom is 0.223 e. The molecule has 4 nitrogen and oxygen atoms in total. The van der Waals surface area contributed by atoms with Gasteiger partial charge < -0.3 is 15.3 Å². The van der Waals surface area contributed by atoms with Crippen molar-refractivity contribution in [1.82, 2.24) is 0 Å². The van der Waals surface area contributed by atoms with Gasteiger partial charge in [-0.2, -0.15) is 0 Å². The van der Waals surface area contributed by atoms with Crippen molar-refractivity contribution in [2.75, 3.05) is 32.8 Å². The maximum atomic E-state index is 10.8. The van der Waals surface area contributed by atoms with Crippen molar-refractivity contribution in [3.63, 3.8) is 0 Å². The second-order valence-corrected chi connectivity index (χ2v) is 3.67. The molecule has 1 amide bonds. The van der Waals surface area contributed by atoms with E-state index in [1.807, 2.05) is 0 Å². The molecule has 15 heavy (non-hydrogen) atoms. The van der Waals surface area contributed by atoms with E-state index >= 15 is 0 Å². The maximum absolute atomic E-state index is 10.8. The van der Waals surface area contributed by atoms with Crippen molar-refractivity contribution in [2.24, 2.45) is 5.73 Å². The molecule has 0 saturated carbocycles. The van der Waals surface area contributed by atoms with E-state index in [2.05, 4.69) is 13.2 Å². The summed E-state index contributed by atoms with van der Waals surface area (Å²) >= 11 is 0. The van der Waals surface area contributed by atoms with Crippen LogP contribution >= 0.6 is 0 Å². The monoisotopic (exact) mass is 213 g/mol. The predicted octanol–water partition coefficient (Wildman–Crippen LogP) is 0.0429. The first-order chi connectivity index (χ1) is 7.10. The highest BCUT2D eigenvalue weighted by Gasteiger charge is 2.24. The average Bonchev–Trinajstić information content (AvgIpc) is 2.16. The molecule has 0 spiro atoms. The van der Waals surface area contributed by atoms with E-state index in [1.165, 1.54) is 0 Å². The molecule has 0 aromatic rings. The molecular formula is C11H21N2O2+. The molecule has 3 N–H and O–H groups in total. The lowest BCUT2D eigenvalue weighted by molar-refractivity contribution is -0.917. The second-order valence-electron chi connectivity index (χ2n) is 3.67. The minimum atomic E-state index is -0.316. The topological polar surface area (TPSA) is 63.3 Å². The van der Waals surface area contributed by atoms with Gasteiger partial charge in [-0.1, -0.05) is 13.2 Å². The number of carbonyl (C=O) groups is 1.